The van der Waals surface area contributed by atoms with E-state index in [0.717, 1.165) is 0 Å². The Bertz CT molecular complexity index is 761. The standard InChI is InChI=1S/C18H21N3O5/c1-11(2)20-8-12(7-16(20)23)18(25)26-10-17(24)21-9-15(22)19-13-5-3-4-6-14(13)21/h3-6,11-12H,7-10H2,1-2H3,(H,19,22). The third-order valence-corrected chi connectivity index (χ3v) is 4.52. The van der Waals surface area contributed by atoms with E-state index in [1.54, 1.807) is 29.2 Å². The van der Waals surface area contributed by atoms with E-state index in [9.17, 15) is 19.2 Å². The van der Waals surface area contributed by atoms with E-state index in [1.165, 1.54) is 4.90 Å². The first-order chi connectivity index (χ1) is 12.4. The summed E-state index contributed by atoms with van der Waals surface area (Å²) in [6.07, 6.45) is 0.0974. The molecule has 2 heterocycles. The minimum atomic E-state index is -0.565. The molecule has 1 atom stereocenters. The molecule has 8 nitrogen and oxygen atoms in total. The average molecular weight is 359 g/mol. The van der Waals surface area contributed by atoms with E-state index < -0.39 is 24.4 Å². The normalized spacial score (nSPS) is 19.4. The van der Waals surface area contributed by atoms with Gasteiger partial charge in [0.25, 0.3) is 5.91 Å². The van der Waals surface area contributed by atoms with Crippen LogP contribution < -0.4 is 10.2 Å². The lowest BCUT2D eigenvalue weighted by Gasteiger charge is -2.29. The fourth-order valence-corrected chi connectivity index (χ4v) is 3.17. The van der Waals surface area contributed by atoms with E-state index in [-0.39, 0.29) is 30.8 Å². The third-order valence-electron chi connectivity index (χ3n) is 4.52. The summed E-state index contributed by atoms with van der Waals surface area (Å²) in [7, 11) is 0. The highest BCUT2D eigenvalue weighted by molar-refractivity contribution is 6.10. The van der Waals surface area contributed by atoms with Crippen molar-refractivity contribution >= 4 is 35.1 Å². The number of fused-ring (bicyclic) bond motifs is 1. The van der Waals surface area contributed by atoms with Crippen molar-refractivity contribution in [1.29, 1.82) is 0 Å². The van der Waals surface area contributed by atoms with E-state index in [2.05, 4.69) is 5.32 Å². The van der Waals surface area contributed by atoms with E-state index in [4.69, 9.17) is 4.74 Å². The van der Waals surface area contributed by atoms with Crippen LogP contribution in [0.5, 0.6) is 0 Å². The second-order valence-corrected chi connectivity index (χ2v) is 6.69. The second-order valence-electron chi connectivity index (χ2n) is 6.69. The maximum Gasteiger partial charge on any atom is 0.311 e. The summed E-state index contributed by atoms with van der Waals surface area (Å²) >= 11 is 0. The number of nitrogens with one attached hydrogen (secondary N) is 1. The van der Waals surface area contributed by atoms with E-state index in [0.29, 0.717) is 17.9 Å². The Morgan fingerprint density at radius 2 is 2.00 bits per heavy atom. The number of rotatable bonds is 4. The van der Waals surface area contributed by atoms with Crippen molar-refractivity contribution in [2.24, 2.45) is 5.92 Å². The number of hydrogen-bond acceptors (Lipinski definition) is 5. The number of nitrogens with zero attached hydrogens (tertiary/aromatic N) is 2. The molecule has 0 aliphatic carbocycles. The zero-order valence-corrected chi connectivity index (χ0v) is 14.7. The van der Waals surface area contributed by atoms with Gasteiger partial charge in [-0.25, -0.2) is 0 Å². The molecular formula is C18H21N3O5. The molecule has 0 bridgehead atoms. The highest BCUT2D eigenvalue weighted by atomic mass is 16.5. The lowest BCUT2D eigenvalue weighted by atomic mass is 10.1. The molecule has 3 amide bonds. The fraction of sp³-hybridized carbons (Fsp3) is 0.444. The zero-order valence-electron chi connectivity index (χ0n) is 14.7. The quantitative estimate of drug-likeness (QED) is 0.801. The number of para-hydroxylation sites is 2. The van der Waals surface area contributed by atoms with Gasteiger partial charge < -0.3 is 15.0 Å². The third kappa shape index (κ3) is 3.54. The van der Waals surface area contributed by atoms with Crippen LogP contribution in [0.1, 0.15) is 20.3 Å². The van der Waals surface area contributed by atoms with Crippen molar-refractivity contribution < 1.29 is 23.9 Å². The summed E-state index contributed by atoms with van der Waals surface area (Å²) in [5.74, 6) is -2.00. The molecule has 2 aliphatic rings. The van der Waals surface area contributed by atoms with Crippen molar-refractivity contribution in [2.45, 2.75) is 26.3 Å². The molecule has 3 rings (SSSR count). The van der Waals surface area contributed by atoms with Gasteiger partial charge in [-0.2, -0.15) is 0 Å². The van der Waals surface area contributed by atoms with Crippen LogP contribution in [0, 0.1) is 5.92 Å². The SMILES string of the molecule is CC(C)N1CC(C(=O)OCC(=O)N2CC(=O)Nc3ccccc32)CC1=O. The van der Waals surface area contributed by atoms with Gasteiger partial charge in [0.15, 0.2) is 6.61 Å². The summed E-state index contributed by atoms with van der Waals surface area (Å²) in [5, 5.41) is 2.69. The molecule has 26 heavy (non-hydrogen) atoms. The highest BCUT2D eigenvalue weighted by Gasteiger charge is 2.37. The van der Waals surface area contributed by atoms with Crippen molar-refractivity contribution in [2.75, 3.05) is 29.9 Å². The number of benzene rings is 1. The number of carbonyl (C=O) groups is 4. The smallest absolute Gasteiger partial charge is 0.311 e. The first kappa shape index (κ1) is 17.9. The minimum Gasteiger partial charge on any atom is -0.455 e. The molecule has 1 aromatic carbocycles. The van der Waals surface area contributed by atoms with Crippen molar-refractivity contribution in [3.8, 4) is 0 Å². The van der Waals surface area contributed by atoms with E-state index in [1.807, 2.05) is 13.8 Å². The monoisotopic (exact) mass is 359 g/mol. The first-order valence-electron chi connectivity index (χ1n) is 8.52. The van der Waals surface area contributed by atoms with Crippen LogP contribution in [0.25, 0.3) is 0 Å². The predicted molar refractivity (Wildman–Crippen MR) is 93.3 cm³/mol. The van der Waals surface area contributed by atoms with Crippen LogP contribution in [0.4, 0.5) is 11.4 Å². The number of carbonyl (C=O) groups excluding carboxylic acids is 4. The predicted octanol–water partition coefficient (Wildman–Crippen LogP) is 0.772. The van der Waals surface area contributed by atoms with Crippen LogP contribution in [0.15, 0.2) is 24.3 Å². The molecule has 0 radical (unpaired) electrons. The molecule has 138 valence electrons. The van der Waals surface area contributed by atoms with Gasteiger partial charge in [-0.1, -0.05) is 12.1 Å². The molecule has 0 aromatic heterocycles. The Labute approximate surface area is 151 Å². The Kier molecular flexibility index (Phi) is 4.92. The molecule has 2 aliphatic heterocycles. The molecule has 1 N–H and O–H groups in total. The van der Waals surface area contributed by atoms with E-state index >= 15 is 0 Å². The number of likely N-dealkylation sites (tertiary alicyclic amines) is 1. The Balaban J connectivity index is 1.60. The van der Waals surface area contributed by atoms with Gasteiger partial charge in [0.2, 0.25) is 11.8 Å². The van der Waals surface area contributed by atoms with Crippen molar-refractivity contribution in [3.05, 3.63) is 24.3 Å². The summed E-state index contributed by atoms with van der Waals surface area (Å²) in [6, 6.07) is 6.94. The molecular weight excluding hydrogens is 338 g/mol. The lowest BCUT2D eigenvalue weighted by Crippen LogP contribution is -2.44. The van der Waals surface area contributed by atoms with Crippen LogP contribution in [0.3, 0.4) is 0 Å². The van der Waals surface area contributed by atoms with Crippen LogP contribution >= 0.6 is 0 Å². The van der Waals surface area contributed by atoms with Crippen LogP contribution in [0.2, 0.25) is 0 Å². The molecule has 0 spiro atoms. The second kappa shape index (κ2) is 7.15. The molecule has 0 saturated carbocycles. The first-order valence-corrected chi connectivity index (χ1v) is 8.52. The summed E-state index contributed by atoms with van der Waals surface area (Å²) < 4.78 is 5.13. The zero-order chi connectivity index (χ0) is 18.8. The Morgan fingerprint density at radius 1 is 1.27 bits per heavy atom. The highest BCUT2D eigenvalue weighted by Crippen LogP contribution is 2.29. The van der Waals surface area contributed by atoms with Gasteiger partial charge in [-0.05, 0) is 26.0 Å². The van der Waals surface area contributed by atoms with Crippen LogP contribution in [-0.2, 0) is 23.9 Å². The Morgan fingerprint density at radius 3 is 2.69 bits per heavy atom. The maximum absolute atomic E-state index is 12.5. The topological polar surface area (TPSA) is 96.0 Å². The number of amides is 3. The summed E-state index contributed by atoms with van der Waals surface area (Å²) in [4.78, 5) is 51.2. The summed E-state index contributed by atoms with van der Waals surface area (Å²) in [5.41, 5.74) is 1.10. The van der Waals surface area contributed by atoms with Gasteiger partial charge in [-0.15, -0.1) is 0 Å². The van der Waals surface area contributed by atoms with Crippen LogP contribution in [-0.4, -0.2) is 54.3 Å². The van der Waals surface area contributed by atoms with Gasteiger partial charge in [0.1, 0.15) is 6.54 Å². The molecule has 1 aromatic rings. The number of anilines is 2. The fourth-order valence-electron chi connectivity index (χ4n) is 3.17. The minimum absolute atomic E-state index is 0.0188. The number of hydrogen-bond donors (Lipinski definition) is 1. The molecule has 1 fully saturated rings. The summed E-state index contributed by atoms with van der Waals surface area (Å²) in [6.45, 7) is 3.48. The largest absolute Gasteiger partial charge is 0.455 e. The van der Waals surface area contributed by atoms with Crippen molar-refractivity contribution in [1.82, 2.24) is 4.90 Å². The maximum atomic E-state index is 12.5. The Hall–Kier alpha value is -2.90. The van der Waals surface area contributed by atoms with Gasteiger partial charge in [0, 0.05) is 19.0 Å². The molecule has 1 unspecified atom stereocenters. The van der Waals surface area contributed by atoms with Gasteiger partial charge >= 0.3 is 5.97 Å². The molecule has 8 heteroatoms. The number of esters is 1. The van der Waals surface area contributed by atoms with Gasteiger partial charge in [0.05, 0.1) is 17.3 Å². The van der Waals surface area contributed by atoms with Crippen molar-refractivity contribution in [3.63, 3.8) is 0 Å². The van der Waals surface area contributed by atoms with Gasteiger partial charge in [-0.3, -0.25) is 24.1 Å². The lowest BCUT2D eigenvalue weighted by molar-refractivity contribution is -0.151. The molecule has 1 saturated heterocycles. The average Bonchev–Trinajstić information content (AvgIpc) is 3.00. The number of ether oxygens (including phenoxy) is 1.